The molecule has 2 fully saturated rings. The number of anilines is 2. The minimum atomic E-state index is -0.215. The number of morpholine rings is 1. The SMILES string of the molecule is C[C@@H]1CN(C2CCC(n3cc(Nc4ncc(-c5ccc(Cl)c(O[C@@H](C)Cn6cnnn6)c5)cn4)c(OCc4ncco4)n3)CC2)C[C@H](C)O1. The van der Waals surface area contributed by atoms with Crippen LogP contribution in [0.15, 0.2) is 60.0 Å². The van der Waals surface area contributed by atoms with Gasteiger partial charge in [0.15, 0.2) is 6.61 Å². The van der Waals surface area contributed by atoms with Crippen molar-refractivity contribution in [2.45, 2.75) is 90.0 Å². The summed E-state index contributed by atoms with van der Waals surface area (Å²) in [5, 5.41) is 19.9. The van der Waals surface area contributed by atoms with Gasteiger partial charge in [-0.05, 0) is 74.6 Å². The van der Waals surface area contributed by atoms with Crippen LogP contribution in [0.25, 0.3) is 11.1 Å². The van der Waals surface area contributed by atoms with Crippen LogP contribution in [-0.2, 0) is 17.9 Å². The number of halogens is 1. The van der Waals surface area contributed by atoms with Gasteiger partial charge in [-0.1, -0.05) is 17.7 Å². The molecule has 7 rings (SSSR count). The fourth-order valence-electron chi connectivity index (χ4n) is 6.63. The average molecular weight is 690 g/mol. The molecule has 1 saturated heterocycles. The van der Waals surface area contributed by atoms with Crippen molar-refractivity contribution >= 4 is 23.2 Å². The quantitative estimate of drug-likeness (QED) is 0.179. The summed E-state index contributed by atoms with van der Waals surface area (Å²) in [6.45, 7) is 8.85. The second kappa shape index (κ2) is 14.9. The topological polar surface area (TPSA) is 156 Å². The van der Waals surface area contributed by atoms with Gasteiger partial charge in [-0.2, -0.15) is 0 Å². The van der Waals surface area contributed by atoms with Crippen molar-refractivity contribution in [2.24, 2.45) is 0 Å². The molecule has 4 aromatic heterocycles. The highest BCUT2D eigenvalue weighted by Gasteiger charge is 2.32. The van der Waals surface area contributed by atoms with Gasteiger partial charge in [0.05, 0.1) is 42.2 Å². The number of oxazole rings is 1. The van der Waals surface area contributed by atoms with E-state index in [1.165, 1.54) is 6.26 Å². The van der Waals surface area contributed by atoms with Gasteiger partial charge in [0.2, 0.25) is 11.8 Å². The van der Waals surface area contributed by atoms with Crippen LogP contribution < -0.4 is 14.8 Å². The van der Waals surface area contributed by atoms with Crippen LogP contribution in [0.4, 0.5) is 11.6 Å². The average Bonchev–Trinajstić information content (AvgIpc) is 3.89. The van der Waals surface area contributed by atoms with E-state index in [0.717, 1.165) is 49.9 Å². The molecule has 0 bridgehead atoms. The van der Waals surface area contributed by atoms with Crippen LogP contribution in [-0.4, -0.2) is 87.3 Å². The summed E-state index contributed by atoms with van der Waals surface area (Å²) in [7, 11) is 0. The lowest BCUT2D eigenvalue weighted by atomic mass is 9.89. The molecule has 3 atom stereocenters. The highest BCUT2D eigenvalue weighted by molar-refractivity contribution is 6.32. The van der Waals surface area contributed by atoms with Crippen LogP contribution in [0.5, 0.6) is 11.6 Å². The maximum atomic E-state index is 6.46. The molecule has 258 valence electrons. The number of ether oxygens (including phenoxy) is 3. The fraction of sp³-hybridized carbons (Fsp3) is 0.485. The van der Waals surface area contributed by atoms with Crippen molar-refractivity contribution < 1.29 is 18.6 Å². The lowest BCUT2D eigenvalue weighted by molar-refractivity contribution is -0.0852. The summed E-state index contributed by atoms with van der Waals surface area (Å²) >= 11 is 6.46. The van der Waals surface area contributed by atoms with Crippen LogP contribution in [0.2, 0.25) is 5.02 Å². The minimum Gasteiger partial charge on any atom is -0.487 e. The van der Waals surface area contributed by atoms with Crippen molar-refractivity contribution in [3.05, 3.63) is 66.5 Å². The zero-order valence-corrected chi connectivity index (χ0v) is 28.5. The van der Waals surface area contributed by atoms with Gasteiger partial charge in [-0.3, -0.25) is 9.58 Å². The number of hydrogen-bond acceptors (Lipinski definition) is 13. The van der Waals surface area contributed by atoms with E-state index in [4.69, 9.17) is 35.3 Å². The Hall–Kier alpha value is -4.60. The predicted octanol–water partition coefficient (Wildman–Crippen LogP) is 5.35. The number of benzene rings is 1. The van der Waals surface area contributed by atoms with Crippen molar-refractivity contribution in [3.8, 4) is 22.8 Å². The molecule has 16 heteroatoms. The van der Waals surface area contributed by atoms with Crippen molar-refractivity contribution in [3.63, 3.8) is 0 Å². The Morgan fingerprint density at radius 3 is 2.51 bits per heavy atom. The third-order valence-corrected chi connectivity index (χ3v) is 9.16. The molecule has 0 spiro atoms. The van der Waals surface area contributed by atoms with Gasteiger partial charge >= 0.3 is 0 Å². The number of hydrogen-bond donors (Lipinski definition) is 1. The van der Waals surface area contributed by atoms with E-state index in [9.17, 15) is 0 Å². The largest absolute Gasteiger partial charge is 0.487 e. The maximum Gasteiger partial charge on any atom is 0.257 e. The predicted molar refractivity (Wildman–Crippen MR) is 180 cm³/mol. The number of aromatic nitrogens is 9. The van der Waals surface area contributed by atoms with Crippen molar-refractivity contribution in [1.82, 2.24) is 49.8 Å². The third kappa shape index (κ3) is 8.17. The second-order valence-electron chi connectivity index (χ2n) is 12.7. The lowest BCUT2D eigenvalue weighted by Gasteiger charge is -2.42. The highest BCUT2D eigenvalue weighted by Crippen LogP contribution is 2.36. The first kappa shape index (κ1) is 32.9. The van der Waals surface area contributed by atoms with Gasteiger partial charge in [0.25, 0.3) is 5.88 Å². The molecular weight excluding hydrogens is 650 g/mol. The molecule has 1 aliphatic heterocycles. The third-order valence-electron chi connectivity index (χ3n) is 8.85. The van der Waals surface area contributed by atoms with Gasteiger partial charge in [-0.25, -0.2) is 19.6 Å². The summed E-state index contributed by atoms with van der Waals surface area (Å²) in [6, 6.07) is 6.39. The van der Waals surface area contributed by atoms with Gasteiger partial charge in [-0.15, -0.1) is 10.2 Å². The first-order valence-corrected chi connectivity index (χ1v) is 17.0. The number of nitrogens with zero attached hydrogens (tertiary/aromatic N) is 10. The Morgan fingerprint density at radius 2 is 1.80 bits per heavy atom. The van der Waals surface area contributed by atoms with E-state index in [2.05, 4.69) is 54.5 Å². The van der Waals surface area contributed by atoms with E-state index < -0.39 is 0 Å². The summed E-state index contributed by atoms with van der Waals surface area (Å²) in [6.07, 6.45) is 14.7. The van der Waals surface area contributed by atoms with E-state index >= 15 is 0 Å². The Morgan fingerprint density at radius 1 is 1.02 bits per heavy atom. The Labute approximate surface area is 288 Å². The normalized spacial score (nSPS) is 22.1. The van der Waals surface area contributed by atoms with E-state index in [-0.39, 0.29) is 31.0 Å². The Bertz CT molecular complexity index is 1770. The Kier molecular flexibility index (Phi) is 10.0. The fourth-order valence-corrected chi connectivity index (χ4v) is 6.79. The molecule has 15 nitrogen and oxygen atoms in total. The first-order valence-electron chi connectivity index (χ1n) is 16.6. The first-order chi connectivity index (χ1) is 23.9. The number of tetrazole rings is 1. The molecule has 1 N–H and O–H groups in total. The van der Waals surface area contributed by atoms with E-state index in [1.54, 1.807) is 35.7 Å². The van der Waals surface area contributed by atoms with Crippen LogP contribution in [0, 0.1) is 0 Å². The summed E-state index contributed by atoms with van der Waals surface area (Å²) < 4.78 is 27.1. The summed E-state index contributed by atoms with van der Waals surface area (Å²) in [5.41, 5.74) is 2.33. The zero-order valence-electron chi connectivity index (χ0n) is 27.7. The molecule has 5 heterocycles. The summed E-state index contributed by atoms with van der Waals surface area (Å²) in [5.74, 6) is 1.85. The molecule has 1 saturated carbocycles. The molecule has 1 aromatic carbocycles. The number of nitrogens with one attached hydrogen (secondary N) is 1. The van der Waals surface area contributed by atoms with Crippen molar-refractivity contribution in [1.29, 1.82) is 0 Å². The standard InChI is InChI=1S/C33H40ClN11O4/c1-21-15-43(16-22(2)48-21)26-5-7-27(8-6-26)45-18-29(32(40-45)47-19-31-35-10-11-46-31)39-33-36-13-25(14-37-33)24-4-9-28(34)30(12-24)49-23(3)17-44-20-38-41-42-44/h4,9-14,18,20-23,26-27H,5-8,15-17,19H2,1-3H3,(H,36,37,39)/t21-,22+,23-,26?,27?/m0/s1. The molecule has 0 unspecified atom stereocenters. The number of rotatable bonds is 12. The van der Waals surface area contributed by atoms with Crippen LogP contribution >= 0.6 is 11.6 Å². The molecule has 2 aliphatic rings. The van der Waals surface area contributed by atoms with Gasteiger partial charge in [0, 0.05) is 37.1 Å². The molecular formula is C33H40ClN11O4. The maximum absolute atomic E-state index is 6.46. The van der Waals surface area contributed by atoms with Crippen LogP contribution in [0.3, 0.4) is 0 Å². The van der Waals surface area contributed by atoms with E-state index in [0.29, 0.717) is 46.8 Å². The van der Waals surface area contributed by atoms with Gasteiger partial charge < -0.3 is 23.9 Å². The van der Waals surface area contributed by atoms with Gasteiger partial charge in [0.1, 0.15) is 30.1 Å². The lowest BCUT2D eigenvalue weighted by Crippen LogP contribution is -2.51. The van der Waals surface area contributed by atoms with Crippen LogP contribution in [0.1, 0.15) is 58.4 Å². The molecule has 5 aromatic rings. The Balaban J connectivity index is 1.03. The smallest absolute Gasteiger partial charge is 0.257 e. The molecule has 0 amide bonds. The summed E-state index contributed by atoms with van der Waals surface area (Å²) in [4.78, 5) is 16.0. The second-order valence-corrected chi connectivity index (χ2v) is 13.1. The molecule has 0 radical (unpaired) electrons. The highest BCUT2D eigenvalue weighted by atomic mass is 35.5. The molecule has 49 heavy (non-hydrogen) atoms. The van der Waals surface area contributed by atoms with Crippen molar-refractivity contribution in [2.75, 3.05) is 18.4 Å². The van der Waals surface area contributed by atoms with E-state index in [1.807, 2.05) is 29.9 Å². The zero-order chi connectivity index (χ0) is 33.7. The minimum absolute atomic E-state index is 0.147. The monoisotopic (exact) mass is 689 g/mol. The molecule has 1 aliphatic carbocycles.